The molecular formula is C20H21N3O2. The number of aromatic nitrogens is 1. The predicted molar refractivity (Wildman–Crippen MR) is 102 cm³/mol. The van der Waals surface area contributed by atoms with Crippen LogP contribution in [-0.2, 0) is 4.74 Å². The number of esters is 1. The van der Waals surface area contributed by atoms with Crippen LogP contribution in [0.1, 0.15) is 17.3 Å². The lowest BCUT2D eigenvalue weighted by Crippen LogP contribution is -2.10. The van der Waals surface area contributed by atoms with Crippen molar-refractivity contribution in [1.29, 1.82) is 0 Å². The lowest BCUT2D eigenvalue weighted by Gasteiger charge is -2.16. The molecule has 0 saturated heterocycles. The van der Waals surface area contributed by atoms with Crippen molar-refractivity contribution in [3.63, 3.8) is 0 Å². The number of carbonyl (C=O) groups excluding carboxylic acids is 1. The van der Waals surface area contributed by atoms with Gasteiger partial charge in [0.15, 0.2) is 0 Å². The number of anilines is 3. The maximum absolute atomic E-state index is 12.3. The van der Waals surface area contributed by atoms with E-state index in [0.29, 0.717) is 17.9 Å². The van der Waals surface area contributed by atoms with Gasteiger partial charge in [0.05, 0.1) is 17.8 Å². The first-order valence-corrected chi connectivity index (χ1v) is 8.19. The Morgan fingerprint density at radius 1 is 1.12 bits per heavy atom. The van der Waals surface area contributed by atoms with Crippen molar-refractivity contribution in [2.45, 2.75) is 6.92 Å². The number of hydrogen-bond acceptors (Lipinski definition) is 5. The highest BCUT2D eigenvalue weighted by atomic mass is 16.5. The second-order valence-corrected chi connectivity index (χ2v) is 5.85. The molecule has 0 amide bonds. The van der Waals surface area contributed by atoms with Gasteiger partial charge in [-0.1, -0.05) is 18.2 Å². The summed E-state index contributed by atoms with van der Waals surface area (Å²) in [6.45, 7) is 2.11. The van der Waals surface area contributed by atoms with E-state index < -0.39 is 0 Å². The molecule has 0 saturated carbocycles. The first kappa shape index (κ1) is 16.8. The van der Waals surface area contributed by atoms with Crippen molar-refractivity contribution in [2.75, 3.05) is 30.9 Å². The molecule has 5 heteroatoms. The molecule has 25 heavy (non-hydrogen) atoms. The summed E-state index contributed by atoms with van der Waals surface area (Å²) in [5, 5.41) is 4.24. The zero-order chi connectivity index (χ0) is 17.8. The largest absolute Gasteiger partial charge is 0.462 e. The van der Waals surface area contributed by atoms with Crippen LogP contribution in [0.25, 0.3) is 10.9 Å². The average molecular weight is 335 g/mol. The van der Waals surface area contributed by atoms with Gasteiger partial charge in [0.1, 0.15) is 5.56 Å². The maximum atomic E-state index is 12.3. The maximum Gasteiger partial charge on any atom is 0.341 e. The molecular weight excluding hydrogens is 314 g/mol. The number of nitrogens with one attached hydrogen (secondary N) is 1. The summed E-state index contributed by atoms with van der Waals surface area (Å²) in [5.74, 6) is -0.381. The number of para-hydroxylation sites is 1. The van der Waals surface area contributed by atoms with E-state index in [1.807, 2.05) is 67.5 Å². The van der Waals surface area contributed by atoms with E-state index in [1.165, 1.54) is 0 Å². The van der Waals surface area contributed by atoms with Crippen molar-refractivity contribution >= 4 is 33.9 Å². The van der Waals surface area contributed by atoms with E-state index in [1.54, 1.807) is 13.1 Å². The number of hydrogen-bond donors (Lipinski definition) is 1. The quantitative estimate of drug-likeness (QED) is 0.708. The average Bonchev–Trinajstić information content (AvgIpc) is 2.62. The lowest BCUT2D eigenvalue weighted by molar-refractivity contribution is 0.0527. The molecule has 0 aliphatic carbocycles. The summed E-state index contributed by atoms with van der Waals surface area (Å²) in [6, 6.07) is 15.7. The molecule has 3 aromatic rings. The lowest BCUT2D eigenvalue weighted by atomic mass is 10.1. The Morgan fingerprint density at radius 2 is 1.84 bits per heavy atom. The van der Waals surface area contributed by atoms with Gasteiger partial charge in [-0.25, -0.2) is 4.79 Å². The molecule has 128 valence electrons. The third-order valence-electron chi connectivity index (χ3n) is 3.92. The summed E-state index contributed by atoms with van der Waals surface area (Å²) < 4.78 is 5.18. The van der Waals surface area contributed by atoms with Crippen LogP contribution in [0.3, 0.4) is 0 Å². The van der Waals surface area contributed by atoms with Gasteiger partial charge < -0.3 is 15.0 Å². The molecule has 0 atom stereocenters. The number of carbonyl (C=O) groups is 1. The van der Waals surface area contributed by atoms with Crippen molar-refractivity contribution in [3.8, 4) is 0 Å². The Labute approximate surface area is 147 Å². The summed E-state index contributed by atoms with van der Waals surface area (Å²) in [5.41, 5.74) is 3.96. The van der Waals surface area contributed by atoms with E-state index in [-0.39, 0.29) is 5.97 Å². The van der Waals surface area contributed by atoms with Crippen LogP contribution in [-0.4, -0.2) is 31.7 Å². The number of benzene rings is 2. The smallest absolute Gasteiger partial charge is 0.341 e. The predicted octanol–water partition coefficient (Wildman–Crippen LogP) is 4.22. The Kier molecular flexibility index (Phi) is 4.84. The molecule has 0 bridgehead atoms. The van der Waals surface area contributed by atoms with Gasteiger partial charge >= 0.3 is 5.97 Å². The molecule has 0 aliphatic rings. The van der Waals surface area contributed by atoms with Gasteiger partial charge in [0.2, 0.25) is 0 Å². The van der Waals surface area contributed by atoms with Gasteiger partial charge in [-0.3, -0.25) is 4.98 Å². The summed E-state index contributed by atoms with van der Waals surface area (Å²) in [4.78, 5) is 18.7. The molecule has 1 aromatic heterocycles. The highest BCUT2D eigenvalue weighted by molar-refractivity contribution is 6.06. The summed E-state index contributed by atoms with van der Waals surface area (Å²) in [6.07, 6.45) is 1.57. The van der Waals surface area contributed by atoms with Gasteiger partial charge in [0, 0.05) is 37.1 Å². The molecule has 0 aliphatic heterocycles. The Balaban J connectivity index is 2.05. The van der Waals surface area contributed by atoms with Gasteiger partial charge in [-0.2, -0.15) is 0 Å². The van der Waals surface area contributed by atoms with Crippen LogP contribution in [0, 0.1) is 0 Å². The Hall–Kier alpha value is -3.08. The molecule has 0 fully saturated rings. The summed E-state index contributed by atoms with van der Waals surface area (Å²) in [7, 11) is 4.00. The molecule has 0 spiro atoms. The standard InChI is InChI=1S/C20H21N3O2/c1-4-25-20(24)17-13-21-18-8-6-5-7-16(18)19(17)22-14-9-11-15(12-10-14)23(2)3/h5-13H,4H2,1-3H3,(H,21,22). The first-order valence-electron chi connectivity index (χ1n) is 8.19. The van der Waals surface area contributed by atoms with E-state index in [0.717, 1.165) is 22.3 Å². The van der Waals surface area contributed by atoms with Crippen molar-refractivity contribution < 1.29 is 9.53 Å². The van der Waals surface area contributed by atoms with Gasteiger partial charge in [-0.15, -0.1) is 0 Å². The van der Waals surface area contributed by atoms with E-state index in [4.69, 9.17) is 4.74 Å². The third kappa shape index (κ3) is 3.55. The topological polar surface area (TPSA) is 54.5 Å². The zero-order valence-corrected chi connectivity index (χ0v) is 14.6. The number of pyridine rings is 1. The van der Waals surface area contributed by atoms with Gasteiger partial charge in [0.25, 0.3) is 0 Å². The van der Waals surface area contributed by atoms with Crippen molar-refractivity contribution in [3.05, 3.63) is 60.3 Å². The minimum atomic E-state index is -0.381. The Morgan fingerprint density at radius 3 is 2.52 bits per heavy atom. The number of ether oxygens (including phenoxy) is 1. The second-order valence-electron chi connectivity index (χ2n) is 5.85. The van der Waals surface area contributed by atoms with Crippen LogP contribution in [0.15, 0.2) is 54.7 Å². The minimum absolute atomic E-state index is 0.322. The van der Waals surface area contributed by atoms with Crippen LogP contribution in [0.4, 0.5) is 17.1 Å². The third-order valence-corrected chi connectivity index (χ3v) is 3.92. The highest BCUT2D eigenvalue weighted by Crippen LogP contribution is 2.30. The van der Waals surface area contributed by atoms with Crippen LogP contribution in [0.2, 0.25) is 0 Å². The molecule has 0 unspecified atom stereocenters. The molecule has 3 rings (SSSR count). The molecule has 1 N–H and O–H groups in total. The SMILES string of the molecule is CCOC(=O)c1cnc2ccccc2c1Nc1ccc(N(C)C)cc1. The van der Waals surface area contributed by atoms with Gasteiger partial charge in [-0.05, 0) is 37.3 Å². The van der Waals surface area contributed by atoms with Crippen LogP contribution >= 0.6 is 0 Å². The van der Waals surface area contributed by atoms with E-state index >= 15 is 0 Å². The normalized spacial score (nSPS) is 10.5. The second kappa shape index (κ2) is 7.21. The fraction of sp³-hybridized carbons (Fsp3) is 0.200. The van der Waals surface area contributed by atoms with Crippen LogP contribution < -0.4 is 10.2 Å². The first-order chi connectivity index (χ1) is 12.1. The molecule has 2 aromatic carbocycles. The van der Waals surface area contributed by atoms with E-state index in [2.05, 4.69) is 10.3 Å². The zero-order valence-electron chi connectivity index (χ0n) is 14.6. The molecule has 1 heterocycles. The Bertz CT molecular complexity index is 889. The van der Waals surface area contributed by atoms with Crippen LogP contribution in [0.5, 0.6) is 0 Å². The highest BCUT2D eigenvalue weighted by Gasteiger charge is 2.16. The summed E-state index contributed by atoms with van der Waals surface area (Å²) >= 11 is 0. The number of nitrogens with zero attached hydrogens (tertiary/aromatic N) is 2. The fourth-order valence-electron chi connectivity index (χ4n) is 2.63. The van der Waals surface area contributed by atoms with E-state index in [9.17, 15) is 4.79 Å². The monoisotopic (exact) mass is 335 g/mol. The van der Waals surface area contributed by atoms with Crippen molar-refractivity contribution in [1.82, 2.24) is 4.98 Å². The number of rotatable bonds is 5. The molecule has 5 nitrogen and oxygen atoms in total. The fourth-order valence-corrected chi connectivity index (χ4v) is 2.63. The van der Waals surface area contributed by atoms with Crippen molar-refractivity contribution in [2.24, 2.45) is 0 Å². The number of fused-ring (bicyclic) bond motifs is 1. The minimum Gasteiger partial charge on any atom is -0.462 e. The molecule has 0 radical (unpaired) electrons.